The molecule has 2 aliphatic heterocycles. The van der Waals surface area contributed by atoms with Crippen LogP contribution in [0.3, 0.4) is 0 Å². The molecule has 2 saturated heterocycles. The van der Waals surface area contributed by atoms with Crippen molar-refractivity contribution in [2.75, 3.05) is 23.4 Å². The fraction of sp³-hybridized carbons (Fsp3) is 0.600. The molecule has 0 aromatic heterocycles. The first-order valence-electron chi connectivity index (χ1n) is 7.10. The molecule has 20 heavy (non-hydrogen) atoms. The Morgan fingerprint density at radius 3 is 2.90 bits per heavy atom. The summed E-state index contributed by atoms with van der Waals surface area (Å²) in [7, 11) is 0. The summed E-state index contributed by atoms with van der Waals surface area (Å²) in [4.78, 5) is 0. The third-order valence-electron chi connectivity index (χ3n) is 4.19. The van der Waals surface area contributed by atoms with Crippen LogP contribution in [0.15, 0.2) is 22.7 Å². The zero-order chi connectivity index (χ0) is 14.0. The van der Waals surface area contributed by atoms with Crippen molar-refractivity contribution in [3.05, 3.63) is 27.7 Å². The van der Waals surface area contributed by atoms with Gasteiger partial charge in [-0.25, -0.2) is 0 Å². The Balaban J connectivity index is 1.66. The lowest BCUT2D eigenvalue weighted by Gasteiger charge is -2.43. The summed E-state index contributed by atoms with van der Waals surface area (Å²) in [6.45, 7) is 0.872. The highest BCUT2D eigenvalue weighted by Crippen LogP contribution is 2.38. The predicted molar refractivity (Wildman–Crippen MR) is 91.0 cm³/mol. The first-order chi connectivity index (χ1) is 9.67. The van der Waals surface area contributed by atoms with Gasteiger partial charge in [-0.1, -0.05) is 11.6 Å². The van der Waals surface area contributed by atoms with E-state index in [9.17, 15) is 0 Å². The van der Waals surface area contributed by atoms with Crippen LogP contribution in [0.5, 0.6) is 0 Å². The van der Waals surface area contributed by atoms with E-state index in [1.807, 2.05) is 12.1 Å². The molecule has 2 aliphatic rings. The third kappa shape index (κ3) is 3.46. The first kappa shape index (κ1) is 15.0. The second-order valence-electron chi connectivity index (χ2n) is 5.61. The summed E-state index contributed by atoms with van der Waals surface area (Å²) in [6.07, 6.45) is 4.59. The maximum Gasteiger partial charge on any atom is 0.0717 e. The average molecular weight is 377 g/mol. The molecule has 0 saturated carbocycles. The topological polar surface area (TPSA) is 21.3 Å². The van der Waals surface area contributed by atoms with E-state index in [1.54, 1.807) is 0 Å². The molecule has 0 bridgehead atoms. The minimum atomic E-state index is 0.130. The van der Waals surface area contributed by atoms with Crippen LogP contribution in [0, 0.1) is 0 Å². The molecule has 2 fully saturated rings. The van der Waals surface area contributed by atoms with Gasteiger partial charge in [0.05, 0.1) is 10.6 Å². The summed E-state index contributed by atoms with van der Waals surface area (Å²) in [5.74, 6) is 2.47. The van der Waals surface area contributed by atoms with E-state index in [2.05, 4.69) is 39.1 Å². The monoisotopic (exact) mass is 375 g/mol. The van der Waals surface area contributed by atoms with Crippen molar-refractivity contribution in [3.63, 3.8) is 0 Å². The van der Waals surface area contributed by atoms with Crippen molar-refractivity contribution in [2.24, 2.45) is 0 Å². The molecular formula is C15H19BrClNOS. The summed E-state index contributed by atoms with van der Waals surface area (Å²) >= 11 is 11.6. The molecule has 3 rings (SSSR count). The van der Waals surface area contributed by atoms with Crippen LogP contribution in [-0.2, 0) is 4.74 Å². The van der Waals surface area contributed by atoms with Crippen LogP contribution in [0.4, 0.5) is 5.69 Å². The van der Waals surface area contributed by atoms with Gasteiger partial charge in [-0.15, -0.1) is 0 Å². The standard InChI is InChI=1S/C15H19BrClNOS/c16-13-9-11(1-2-14(13)17)18-12-3-6-19-15(10-12)4-7-20-8-5-15/h1-2,9,12,18H,3-8,10H2. The van der Waals surface area contributed by atoms with Crippen molar-refractivity contribution < 1.29 is 4.74 Å². The Kier molecular flexibility index (Phi) is 4.86. The molecule has 1 aromatic carbocycles. The smallest absolute Gasteiger partial charge is 0.0717 e. The van der Waals surface area contributed by atoms with E-state index in [0.717, 1.165) is 34.6 Å². The number of benzene rings is 1. The number of ether oxygens (including phenoxy) is 1. The molecule has 1 atom stereocenters. The van der Waals surface area contributed by atoms with Gasteiger partial charge in [0.25, 0.3) is 0 Å². The first-order valence-corrected chi connectivity index (χ1v) is 9.43. The van der Waals surface area contributed by atoms with Crippen LogP contribution < -0.4 is 5.32 Å². The SMILES string of the molecule is Clc1ccc(NC2CCOC3(CCSCC3)C2)cc1Br. The number of nitrogens with one attached hydrogen (secondary N) is 1. The fourth-order valence-electron chi connectivity index (χ4n) is 3.06. The lowest BCUT2D eigenvalue weighted by Crippen LogP contribution is -2.46. The van der Waals surface area contributed by atoms with Crippen LogP contribution >= 0.6 is 39.3 Å². The minimum absolute atomic E-state index is 0.130. The van der Waals surface area contributed by atoms with Crippen LogP contribution in [0.1, 0.15) is 25.7 Å². The average Bonchev–Trinajstić information content (AvgIpc) is 2.44. The molecule has 1 unspecified atom stereocenters. The largest absolute Gasteiger partial charge is 0.382 e. The van der Waals surface area contributed by atoms with Crippen molar-refractivity contribution in [1.29, 1.82) is 0 Å². The van der Waals surface area contributed by atoms with Gasteiger partial charge in [0.1, 0.15) is 0 Å². The fourth-order valence-corrected chi connectivity index (χ4v) is 4.80. The van der Waals surface area contributed by atoms with Gasteiger partial charge in [-0.3, -0.25) is 0 Å². The van der Waals surface area contributed by atoms with Crippen molar-refractivity contribution >= 4 is 45.0 Å². The highest BCUT2D eigenvalue weighted by atomic mass is 79.9. The molecule has 1 spiro atoms. The highest BCUT2D eigenvalue weighted by molar-refractivity contribution is 9.10. The maximum absolute atomic E-state index is 6.13. The number of anilines is 1. The van der Waals surface area contributed by atoms with E-state index in [1.165, 1.54) is 24.3 Å². The Morgan fingerprint density at radius 1 is 1.35 bits per heavy atom. The van der Waals surface area contributed by atoms with E-state index in [0.29, 0.717) is 6.04 Å². The highest BCUT2D eigenvalue weighted by Gasteiger charge is 2.38. The Hall–Kier alpha value is 0.1000. The van der Waals surface area contributed by atoms with E-state index in [-0.39, 0.29) is 5.60 Å². The van der Waals surface area contributed by atoms with Gasteiger partial charge in [0, 0.05) is 22.8 Å². The lowest BCUT2D eigenvalue weighted by molar-refractivity contribution is -0.0865. The number of hydrogen-bond donors (Lipinski definition) is 1. The molecule has 2 heterocycles. The molecule has 2 nitrogen and oxygen atoms in total. The summed E-state index contributed by atoms with van der Waals surface area (Å²) in [5.41, 5.74) is 1.26. The molecular weight excluding hydrogens is 358 g/mol. The molecule has 5 heteroatoms. The Labute approximate surface area is 138 Å². The van der Waals surface area contributed by atoms with Crippen molar-refractivity contribution in [3.8, 4) is 0 Å². The zero-order valence-corrected chi connectivity index (χ0v) is 14.5. The van der Waals surface area contributed by atoms with E-state index >= 15 is 0 Å². The van der Waals surface area contributed by atoms with E-state index < -0.39 is 0 Å². The number of thioether (sulfide) groups is 1. The Bertz CT molecular complexity index is 473. The second kappa shape index (κ2) is 6.47. The van der Waals surface area contributed by atoms with Gasteiger partial charge < -0.3 is 10.1 Å². The van der Waals surface area contributed by atoms with Gasteiger partial charge in [0.2, 0.25) is 0 Å². The van der Waals surface area contributed by atoms with Crippen LogP contribution in [0.2, 0.25) is 5.02 Å². The quantitative estimate of drug-likeness (QED) is 0.788. The van der Waals surface area contributed by atoms with Crippen LogP contribution in [0.25, 0.3) is 0 Å². The molecule has 0 aliphatic carbocycles. The third-order valence-corrected chi connectivity index (χ3v) is 6.39. The molecule has 0 radical (unpaired) electrons. The minimum Gasteiger partial charge on any atom is -0.382 e. The normalized spacial score (nSPS) is 25.6. The number of hydrogen-bond acceptors (Lipinski definition) is 3. The van der Waals surface area contributed by atoms with Gasteiger partial charge in [0.15, 0.2) is 0 Å². The summed E-state index contributed by atoms with van der Waals surface area (Å²) < 4.78 is 7.08. The van der Waals surface area contributed by atoms with Gasteiger partial charge >= 0.3 is 0 Å². The maximum atomic E-state index is 6.13. The van der Waals surface area contributed by atoms with E-state index in [4.69, 9.17) is 16.3 Å². The predicted octanol–water partition coefficient (Wildman–Crippen LogP) is 4.96. The van der Waals surface area contributed by atoms with Gasteiger partial charge in [-0.2, -0.15) is 11.8 Å². The molecule has 1 aromatic rings. The molecule has 0 amide bonds. The van der Waals surface area contributed by atoms with Gasteiger partial charge in [-0.05, 0) is 71.3 Å². The second-order valence-corrected chi connectivity index (χ2v) is 8.09. The van der Waals surface area contributed by atoms with Crippen LogP contribution in [-0.4, -0.2) is 29.8 Å². The Morgan fingerprint density at radius 2 is 2.15 bits per heavy atom. The van der Waals surface area contributed by atoms with Crippen molar-refractivity contribution in [2.45, 2.75) is 37.3 Å². The molecule has 1 N–H and O–H groups in total. The zero-order valence-electron chi connectivity index (χ0n) is 11.3. The summed E-state index contributed by atoms with van der Waals surface area (Å²) in [5, 5.41) is 4.40. The summed E-state index contributed by atoms with van der Waals surface area (Å²) in [6, 6.07) is 6.54. The lowest BCUT2D eigenvalue weighted by atomic mass is 9.85. The molecule has 110 valence electrons. The van der Waals surface area contributed by atoms with Crippen molar-refractivity contribution in [1.82, 2.24) is 0 Å². The number of rotatable bonds is 2. The number of halogens is 2.